The first-order valence-corrected chi connectivity index (χ1v) is 4.48. The van der Waals surface area contributed by atoms with Gasteiger partial charge in [0.25, 0.3) is 6.43 Å². The largest absolute Gasteiger partial charge is 0.574 e. The molecule has 0 saturated carbocycles. The van der Waals surface area contributed by atoms with E-state index in [1.165, 1.54) is 0 Å². The molecule has 0 spiro atoms. The van der Waals surface area contributed by atoms with Crippen LogP contribution in [0.3, 0.4) is 0 Å². The molecule has 0 N–H and O–H groups in total. The SMILES string of the molecule is COC(=O)c1cc(F)c(C(F)F)nc1OC(F)(F)F. The van der Waals surface area contributed by atoms with Crippen molar-refractivity contribution in [2.75, 3.05) is 7.11 Å². The van der Waals surface area contributed by atoms with Gasteiger partial charge in [-0.25, -0.2) is 22.9 Å². The van der Waals surface area contributed by atoms with E-state index < -0.39 is 41.7 Å². The van der Waals surface area contributed by atoms with Crippen LogP contribution in [0.25, 0.3) is 0 Å². The van der Waals surface area contributed by atoms with Gasteiger partial charge in [-0.05, 0) is 6.07 Å². The highest BCUT2D eigenvalue weighted by Gasteiger charge is 2.35. The van der Waals surface area contributed by atoms with E-state index in [0.717, 1.165) is 7.11 Å². The summed E-state index contributed by atoms with van der Waals surface area (Å²) in [6.07, 6.45) is -8.75. The van der Waals surface area contributed by atoms with Crippen LogP contribution in [-0.4, -0.2) is 24.4 Å². The van der Waals surface area contributed by atoms with Crippen molar-refractivity contribution in [2.24, 2.45) is 0 Å². The van der Waals surface area contributed by atoms with Crippen LogP contribution in [0.4, 0.5) is 26.3 Å². The lowest BCUT2D eigenvalue weighted by atomic mass is 10.2. The molecular weight excluding hydrogens is 284 g/mol. The first kappa shape index (κ1) is 15.1. The Morgan fingerprint density at radius 2 is 1.95 bits per heavy atom. The normalized spacial score (nSPS) is 11.6. The van der Waals surface area contributed by atoms with Crippen LogP contribution in [0.1, 0.15) is 22.5 Å². The maximum Gasteiger partial charge on any atom is 0.574 e. The fourth-order valence-corrected chi connectivity index (χ4v) is 1.08. The van der Waals surface area contributed by atoms with Gasteiger partial charge in [0.1, 0.15) is 11.3 Å². The van der Waals surface area contributed by atoms with E-state index in [2.05, 4.69) is 14.5 Å². The van der Waals surface area contributed by atoms with E-state index in [0.29, 0.717) is 0 Å². The predicted molar refractivity (Wildman–Crippen MR) is 47.2 cm³/mol. The minimum absolute atomic E-state index is 0.140. The number of ether oxygens (including phenoxy) is 2. The lowest BCUT2D eigenvalue weighted by Crippen LogP contribution is -2.21. The molecule has 4 nitrogen and oxygen atoms in total. The number of methoxy groups -OCH3 is 1. The highest BCUT2D eigenvalue weighted by molar-refractivity contribution is 5.91. The van der Waals surface area contributed by atoms with Crippen LogP contribution in [-0.2, 0) is 4.74 Å². The minimum Gasteiger partial charge on any atom is -0.465 e. The van der Waals surface area contributed by atoms with Gasteiger partial charge in [0.15, 0.2) is 5.82 Å². The maximum atomic E-state index is 13.1. The highest BCUT2D eigenvalue weighted by Crippen LogP contribution is 2.30. The average Bonchev–Trinajstić information content (AvgIpc) is 2.27. The summed E-state index contributed by atoms with van der Waals surface area (Å²) in [6, 6.07) is 0.140. The molecule has 0 aliphatic carbocycles. The molecule has 106 valence electrons. The lowest BCUT2D eigenvalue weighted by Gasteiger charge is -2.12. The Bertz CT molecular complexity index is 488. The van der Waals surface area contributed by atoms with Crippen LogP contribution in [0, 0.1) is 5.82 Å². The van der Waals surface area contributed by atoms with Gasteiger partial charge in [-0.3, -0.25) is 0 Å². The monoisotopic (exact) mass is 289 g/mol. The van der Waals surface area contributed by atoms with Crippen LogP contribution in [0.15, 0.2) is 6.07 Å². The molecule has 0 unspecified atom stereocenters. The van der Waals surface area contributed by atoms with Crippen molar-refractivity contribution >= 4 is 5.97 Å². The first-order chi connectivity index (χ1) is 8.65. The van der Waals surface area contributed by atoms with Crippen molar-refractivity contribution in [3.63, 3.8) is 0 Å². The summed E-state index contributed by atoms with van der Waals surface area (Å²) in [4.78, 5) is 13.7. The Labute approximate surface area is 101 Å². The number of carbonyl (C=O) groups excluding carboxylic acids is 1. The van der Waals surface area contributed by atoms with Crippen molar-refractivity contribution in [1.82, 2.24) is 4.98 Å². The first-order valence-electron chi connectivity index (χ1n) is 4.48. The molecule has 0 atom stereocenters. The molecule has 1 aromatic rings. The Morgan fingerprint density at radius 1 is 1.37 bits per heavy atom. The van der Waals surface area contributed by atoms with Gasteiger partial charge in [-0.15, -0.1) is 13.2 Å². The standard InChI is InChI=1S/C9H5F6NO3/c1-18-8(17)3-2-4(10)5(6(11)12)16-7(3)19-9(13,14)15/h2,6H,1H3. The number of hydrogen-bond donors (Lipinski definition) is 0. The van der Waals surface area contributed by atoms with Gasteiger partial charge in [0.2, 0.25) is 5.88 Å². The maximum absolute atomic E-state index is 13.1. The van der Waals surface area contributed by atoms with Gasteiger partial charge in [0, 0.05) is 0 Å². The van der Waals surface area contributed by atoms with E-state index in [1.54, 1.807) is 0 Å². The number of esters is 1. The van der Waals surface area contributed by atoms with Gasteiger partial charge in [0.05, 0.1) is 7.11 Å². The summed E-state index contributed by atoms with van der Waals surface area (Å²) in [7, 11) is 0.804. The van der Waals surface area contributed by atoms with Crippen LogP contribution in [0.2, 0.25) is 0 Å². The van der Waals surface area contributed by atoms with Gasteiger partial charge in [-0.2, -0.15) is 0 Å². The molecule has 0 bridgehead atoms. The predicted octanol–water partition coefficient (Wildman–Crippen LogP) is 2.84. The van der Waals surface area contributed by atoms with Crippen molar-refractivity contribution in [1.29, 1.82) is 0 Å². The summed E-state index contributed by atoms with van der Waals surface area (Å²) >= 11 is 0. The Hall–Kier alpha value is -2.00. The van der Waals surface area contributed by atoms with Crippen molar-refractivity contribution < 1.29 is 40.6 Å². The van der Waals surface area contributed by atoms with Crippen LogP contribution >= 0.6 is 0 Å². The summed E-state index contributed by atoms with van der Waals surface area (Å²) in [5.74, 6) is -4.56. The molecule has 0 aliphatic heterocycles. The molecule has 0 aromatic carbocycles. The zero-order chi connectivity index (χ0) is 14.8. The molecule has 0 saturated heterocycles. The molecule has 0 fully saturated rings. The van der Waals surface area contributed by atoms with Crippen molar-refractivity contribution in [2.45, 2.75) is 12.8 Å². The van der Waals surface area contributed by atoms with Crippen molar-refractivity contribution in [3.8, 4) is 5.88 Å². The topological polar surface area (TPSA) is 48.4 Å². The fourth-order valence-electron chi connectivity index (χ4n) is 1.08. The molecule has 1 heterocycles. The van der Waals surface area contributed by atoms with E-state index in [-0.39, 0.29) is 6.07 Å². The quantitative estimate of drug-likeness (QED) is 0.634. The molecule has 1 aromatic heterocycles. The zero-order valence-corrected chi connectivity index (χ0v) is 9.09. The third-order valence-electron chi connectivity index (χ3n) is 1.79. The number of hydrogen-bond acceptors (Lipinski definition) is 4. The molecule has 19 heavy (non-hydrogen) atoms. The Balaban J connectivity index is 3.37. The number of carbonyl (C=O) groups is 1. The molecule has 10 heteroatoms. The van der Waals surface area contributed by atoms with E-state index in [1.807, 2.05) is 0 Å². The Morgan fingerprint density at radius 3 is 2.37 bits per heavy atom. The third kappa shape index (κ3) is 3.73. The van der Waals surface area contributed by atoms with Gasteiger partial charge in [-0.1, -0.05) is 0 Å². The van der Waals surface area contributed by atoms with E-state index in [4.69, 9.17) is 0 Å². The highest BCUT2D eigenvalue weighted by atomic mass is 19.4. The summed E-state index contributed by atoms with van der Waals surface area (Å²) in [5, 5.41) is 0. The van der Waals surface area contributed by atoms with E-state index in [9.17, 15) is 31.1 Å². The zero-order valence-electron chi connectivity index (χ0n) is 9.09. The minimum atomic E-state index is -5.28. The molecule has 0 amide bonds. The van der Waals surface area contributed by atoms with Crippen LogP contribution in [0.5, 0.6) is 5.88 Å². The fraction of sp³-hybridized carbons (Fsp3) is 0.333. The molecule has 0 radical (unpaired) electrons. The van der Waals surface area contributed by atoms with Crippen molar-refractivity contribution in [3.05, 3.63) is 23.1 Å². The van der Waals surface area contributed by atoms with Gasteiger partial charge >= 0.3 is 12.3 Å². The third-order valence-corrected chi connectivity index (χ3v) is 1.79. The smallest absolute Gasteiger partial charge is 0.465 e. The second-order valence-corrected chi connectivity index (χ2v) is 3.05. The summed E-state index contributed by atoms with van der Waals surface area (Å²) in [6.45, 7) is 0. The second-order valence-electron chi connectivity index (χ2n) is 3.05. The number of nitrogens with zero attached hydrogens (tertiary/aromatic N) is 1. The number of alkyl halides is 5. The lowest BCUT2D eigenvalue weighted by molar-refractivity contribution is -0.276. The second kappa shape index (κ2) is 5.33. The number of halogens is 6. The summed E-state index contributed by atoms with van der Waals surface area (Å²) in [5.41, 5.74) is -2.62. The number of aromatic nitrogens is 1. The molecular formula is C9H5F6NO3. The average molecular weight is 289 g/mol. The molecule has 1 rings (SSSR count). The van der Waals surface area contributed by atoms with Gasteiger partial charge < -0.3 is 9.47 Å². The van der Waals surface area contributed by atoms with E-state index >= 15 is 0 Å². The molecule has 0 aliphatic rings. The Kier molecular flexibility index (Phi) is 4.22. The summed E-state index contributed by atoms with van der Waals surface area (Å²) < 4.78 is 81.2. The number of rotatable bonds is 3. The van der Waals surface area contributed by atoms with Crippen LogP contribution < -0.4 is 4.74 Å². The number of pyridine rings is 1.